The largest absolute Gasteiger partial charge is 0.489 e. The highest BCUT2D eigenvalue weighted by Crippen LogP contribution is 2.18. The zero-order chi connectivity index (χ0) is 9.10. The van der Waals surface area contributed by atoms with Crippen molar-refractivity contribution in [2.45, 2.75) is 18.9 Å². The van der Waals surface area contributed by atoms with Gasteiger partial charge < -0.3 is 10.1 Å². The lowest BCUT2D eigenvalue weighted by atomic mass is 10.6. The molecule has 0 aliphatic heterocycles. The molecular weight excluding hydrogens is 166 g/mol. The highest BCUT2D eigenvalue weighted by Gasteiger charge is 2.19. The minimum Gasteiger partial charge on any atom is -0.489 e. The molecule has 4 nitrogen and oxygen atoms in total. The summed E-state index contributed by atoms with van der Waals surface area (Å²) < 4.78 is 7.20. The molecule has 0 unspecified atom stereocenters. The topological polar surface area (TPSA) is 39.1 Å². The Labute approximate surface area is 77.9 Å². The van der Waals surface area contributed by atoms with Crippen LogP contribution in [0.1, 0.15) is 12.8 Å². The van der Waals surface area contributed by atoms with Gasteiger partial charge in [0.25, 0.3) is 0 Å². The Kier molecular flexibility index (Phi) is 2.49. The maximum Gasteiger partial charge on any atom is 0.157 e. The quantitative estimate of drug-likeness (QED) is 0.674. The van der Waals surface area contributed by atoms with Crippen LogP contribution < -0.4 is 10.1 Å². The molecule has 1 aliphatic rings. The van der Waals surface area contributed by atoms with Gasteiger partial charge in [0, 0.05) is 19.6 Å². The van der Waals surface area contributed by atoms with E-state index in [0.29, 0.717) is 0 Å². The van der Waals surface area contributed by atoms with E-state index in [2.05, 4.69) is 10.4 Å². The summed E-state index contributed by atoms with van der Waals surface area (Å²) in [5.74, 6) is 0.847. The molecule has 13 heavy (non-hydrogen) atoms. The molecule has 0 saturated heterocycles. The van der Waals surface area contributed by atoms with Crippen LogP contribution in [-0.4, -0.2) is 29.0 Å². The summed E-state index contributed by atoms with van der Waals surface area (Å²) >= 11 is 0. The number of rotatable bonds is 5. The molecule has 2 rings (SSSR count). The van der Waals surface area contributed by atoms with Gasteiger partial charge in [-0.3, -0.25) is 4.68 Å². The summed E-state index contributed by atoms with van der Waals surface area (Å²) in [6.07, 6.45) is 6.26. The molecule has 72 valence electrons. The van der Waals surface area contributed by atoms with Crippen LogP contribution in [0, 0.1) is 0 Å². The van der Waals surface area contributed by atoms with Crippen LogP contribution in [0.4, 0.5) is 0 Å². The van der Waals surface area contributed by atoms with Gasteiger partial charge in [0.2, 0.25) is 0 Å². The molecule has 1 N–H and O–H groups in total. The lowest BCUT2D eigenvalue weighted by molar-refractivity contribution is 0.313. The van der Waals surface area contributed by atoms with E-state index in [1.165, 1.54) is 12.8 Å². The molecule has 0 atom stereocenters. The van der Waals surface area contributed by atoms with Gasteiger partial charge in [-0.2, -0.15) is 5.10 Å². The molecule has 0 amide bonds. The molecule has 0 aromatic carbocycles. The second-order valence-corrected chi connectivity index (χ2v) is 3.43. The number of hydrogen-bond donors (Lipinski definition) is 1. The third kappa shape index (κ3) is 2.73. The van der Waals surface area contributed by atoms with Gasteiger partial charge in [-0.25, -0.2) is 0 Å². The first kappa shape index (κ1) is 8.56. The lowest BCUT2D eigenvalue weighted by Gasteiger charge is -2.03. The first-order valence-electron chi connectivity index (χ1n) is 4.69. The van der Waals surface area contributed by atoms with Crippen molar-refractivity contribution in [3.8, 4) is 5.75 Å². The highest BCUT2D eigenvalue weighted by molar-refractivity contribution is 5.11. The molecule has 1 aliphatic carbocycles. The minimum atomic E-state index is 0.724. The summed E-state index contributed by atoms with van der Waals surface area (Å²) in [6, 6.07) is 0.762. The van der Waals surface area contributed by atoms with Crippen LogP contribution in [0.2, 0.25) is 0 Å². The number of nitrogens with zero attached hydrogens (tertiary/aromatic N) is 2. The fourth-order valence-electron chi connectivity index (χ4n) is 1.19. The van der Waals surface area contributed by atoms with Crippen molar-refractivity contribution < 1.29 is 4.74 Å². The van der Waals surface area contributed by atoms with Crippen molar-refractivity contribution in [3.05, 3.63) is 12.4 Å². The molecule has 1 heterocycles. The minimum absolute atomic E-state index is 0.724. The molecule has 0 bridgehead atoms. The Hall–Kier alpha value is -1.03. The first-order chi connectivity index (χ1) is 6.34. The van der Waals surface area contributed by atoms with Gasteiger partial charge in [0.05, 0.1) is 12.4 Å². The van der Waals surface area contributed by atoms with Crippen LogP contribution in [-0.2, 0) is 7.05 Å². The summed E-state index contributed by atoms with van der Waals surface area (Å²) in [5, 5.41) is 7.40. The van der Waals surface area contributed by atoms with Crippen molar-refractivity contribution in [3.63, 3.8) is 0 Å². The fraction of sp³-hybridized carbons (Fsp3) is 0.667. The standard InChI is InChI=1S/C9H15N3O/c1-12-7-9(6-11-12)13-5-4-10-8-2-3-8/h6-8,10H,2-5H2,1H3. The van der Waals surface area contributed by atoms with Crippen LogP contribution in [0.5, 0.6) is 5.75 Å². The summed E-state index contributed by atoms with van der Waals surface area (Å²) in [4.78, 5) is 0. The van der Waals surface area contributed by atoms with E-state index in [9.17, 15) is 0 Å². The van der Waals surface area contributed by atoms with Crippen molar-refractivity contribution in [1.82, 2.24) is 15.1 Å². The average Bonchev–Trinajstić information content (AvgIpc) is 2.84. The van der Waals surface area contributed by atoms with Crippen molar-refractivity contribution in [1.29, 1.82) is 0 Å². The number of aryl methyl sites for hydroxylation is 1. The van der Waals surface area contributed by atoms with E-state index >= 15 is 0 Å². The first-order valence-corrected chi connectivity index (χ1v) is 4.69. The van der Waals surface area contributed by atoms with E-state index < -0.39 is 0 Å². The van der Waals surface area contributed by atoms with Gasteiger partial charge >= 0.3 is 0 Å². The smallest absolute Gasteiger partial charge is 0.157 e. The van der Waals surface area contributed by atoms with Crippen LogP contribution in [0.3, 0.4) is 0 Å². The number of hydrogen-bond acceptors (Lipinski definition) is 3. The Morgan fingerprint density at radius 3 is 3.15 bits per heavy atom. The van der Waals surface area contributed by atoms with Crippen LogP contribution in [0.25, 0.3) is 0 Å². The van der Waals surface area contributed by atoms with Gasteiger partial charge in [0.1, 0.15) is 6.61 Å². The fourth-order valence-corrected chi connectivity index (χ4v) is 1.19. The van der Waals surface area contributed by atoms with E-state index in [1.54, 1.807) is 10.9 Å². The molecule has 1 aromatic heterocycles. The van der Waals surface area contributed by atoms with E-state index in [-0.39, 0.29) is 0 Å². The SMILES string of the molecule is Cn1cc(OCCNC2CC2)cn1. The molecule has 4 heteroatoms. The number of aromatic nitrogens is 2. The highest BCUT2D eigenvalue weighted by atomic mass is 16.5. The zero-order valence-electron chi connectivity index (χ0n) is 7.86. The third-order valence-electron chi connectivity index (χ3n) is 2.06. The van der Waals surface area contributed by atoms with E-state index in [4.69, 9.17) is 4.74 Å². The molecule has 0 spiro atoms. The van der Waals surface area contributed by atoms with Crippen LogP contribution >= 0.6 is 0 Å². The summed E-state index contributed by atoms with van der Waals surface area (Å²) in [5.41, 5.74) is 0. The maximum atomic E-state index is 5.46. The predicted molar refractivity (Wildman–Crippen MR) is 49.7 cm³/mol. The lowest BCUT2D eigenvalue weighted by Crippen LogP contribution is -2.22. The normalized spacial score (nSPS) is 16.1. The van der Waals surface area contributed by atoms with Crippen molar-refractivity contribution >= 4 is 0 Å². The van der Waals surface area contributed by atoms with Gasteiger partial charge in [-0.1, -0.05) is 0 Å². The Balaban J connectivity index is 1.61. The second kappa shape index (κ2) is 3.79. The molecular formula is C9H15N3O. The third-order valence-corrected chi connectivity index (χ3v) is 2.06. The number of ether oxygens (including phenoxy) is 1. The summed E-state index contributed by atoms with van der Waals surface area (Å²) in [7, 11) is 1.88. The molecule has 0 radical (unpaired) electrons. The predicted octanol–water partition coefficient (Wildman–Crippen LogP) is 0.551. The molecule has 1 fully saturated rings. The molecule has 1 saturated carbocycles. The van der Waals surface area contributed by atoms with Crippen molar-refractivity contribution in [2.24, 2.45) is 7.05 Å². The van der Waals surface area contributed by atoms with Gasteiger partial charge in [0.15, 0.2) is 5.75 Å². The maximum absolute atomic E-state index is 5.46. The number of nitrogens with one attached hydrogen (secondary N) is 1. The zero-order valence-corrected chi connectivity index (χ0v) is 7.86. The summed E-state index contributed by atoms with van der Waals surface area (Å²) in [6.45, 7) is 1.65. The van der Waals surface area contributed by atoms with E-state index in [1.807, 2.05) is 13.2 Å². The van der Waals surface area contributed by atoms with Gasteiger partial charge in [-0.05, 0) is 12.8 Å². The Morgan fingerprint density at radius 2 is 2.54 bits per heavy atom. The van der Waals surface area contributed by atoms with Gasteiger partial charge in [-0.15, -0.1) is 0 Å². The van der Waals surface area contributed by atoms with E-state index in [0.717, 1.165) is 24.9 Å². The van der Waals surface area contributed by atoms with Crippen molar-refractivity contribution in [2.75, 3.05) is 13.2 Å². The Morgan fingerprint density at radius 1 is 1.69 bits per heavy atom. The molecule has 1 aromatic rings. The Bertz CT molecular complexity index is 268. The monoisotopic (exact) mass is 181 g/mol. The van der Waals surface area contributed by atoms with Crippen LogP contribution in [0.15, 0.2) is 12.4 Å². The second-order valence-electron chi connectivity index (χ2n) is 3.43. The average molecular weight is 181 g/mol.